The second kappa shape index (κ2) is 3.97. The summed E-state index contributed by atoms with van der Waals surface area (Å²) in [4.78, 5) is 2.63. The highest BCUT2D eigenvalue weighted by molar-refractivity contribution is 4.88. The zero-order chi connectivity index (χ0) is 9.26. The Bertz CT molecular complexity index is 163. The molecule has 2 heteroatoms. The molecule has 1 saturated carbocycles. The molecular formula is C11H22N2. The van der Waals surface area contributed by atoms with Crippen LogP contribution in [0.25, 0.3) is 0 Å². The summed E-state index contributed by atoms with van der Waals surface area (Å²) >= 11 is 0. The second-order valence-corrected chi connectivity index (χ2v) is 4.80. The Labute approximate surface area is 81.7 Å². The maximum atomic E-state index is 3.53. The fourth-order valence-electron chi connectivity index (χ4n) is 2.83. The van der Waals surface area contributed by atoms with E-state index in [0.717, 1.165) is 18.1 Å². The molecule has 0 spiro atoms. The molecule has 2 unspecified atom stereocenters. The van der Waals surface area contributed by atoms with Crippen molar-refractivity contribution in [2.75, 3.05) is 13.6 Å². The minimum absolute atomic E-state index is 0.730. The summed E-state index contributed by atoms with van der Waals surface area (Å²) in [6.45, 7) is 3.50. The molecule has 1 aliphatic heterocycles. The van der Waals surface area contributed by atoms with Crippen molar-refractivity contribution in [2.45, 2.75) is 57.2 Å². The third-order valence-electron chi connectivity index (χ3n) is 3.80. The standard InChI is InChI=1S/C11H22N2/c1-9-7-11(8-12-9)13(2)10-5-3-4-6-10/h9-12H,3-8H2,1-2H3. The van der Waals surface area contributed by atoms with Crippen LogP contribution in [0.4, 0.5) is 0 Å². The van der Waals surface area contributed by atoms with Crippen LogP contribution in [-0.2, 0) is 0 Å². The van der Waals surface area contributed by atoms with Crippen LogP contribution in [0.15, 0.2) is 0 Å². The fourth-order valence-corrected chi connectivity index (χ4v) is 2.83. The zero-order valence-electron chi connectivity index (χ0n) is 8.92. The van der Waals surface area contributed by atoms with Gasteiger partial charge in [-0.15, -0.1) is 0 Å². The monoisotopic (exact) mass is 182 g/mol. The molecule has 2 aliphatic rings. The van der Waals surface area contributed by atoms with Gasteiger partial charge in [-0.1, -0.05) is 12.8 Å². The Hall–Kier alpha value is -0.0800. The van der Waals surface area contributed by atoms with E-state index in [2.05, 4.69) is 24.2 Å². The van der Waals surface area contributed by atoms with Gasteiger partial charge in [-0.05, 0) is 33.2 Å². The van der Waals surface area contributed by atoms with E-state index in [1.54, 1.807) is 0 Å². The minimum atomic E-state index is 0.730. The number of nitrogens with zero attached hydrogens (tertiary/aromatic N) is 1. The zero-order valence-corrected chi connectivity index (χ0v) is 8.92. The lowest BCUT2D eigenvalue weighted by atomic mass is 10.1. The van der Waals surface area contributed by atoms with Gasteiger partial charge in [0.05, 0.1) is 0 Å². The van der Waals surface area contributed by atoms with E-state index in [-0.39, 0.29) is 0 Å². The number of hydrogen-bond acceptors (Lipinski definition) is 2. The van der Waals surface area contributed by atoms with Gasteiger partial charge < -0.3 is 5.32 Å². The lowest BCUT2D eigenvalue weighted by Gasteiger charge is -2.29. The third-order valence-corrected chi connectivity index (χ3v) is 3.80. The summed E-state index contributed by atoms with van der Waals surface area (Å²) in [6, 6.07) is 2.42. The van der Waals surface area contributed by atoms with Gasteiger partial charge >= 0.3 is 0 Å². The topological polar surface area (TPSA) is 15.3 Å². The molecular weight excluding hydrogens is 160 g/mol. The normalized spacial score (nSPS) is 36.2. The maximum absolute atomic E-state index is 3.53. The summed E-state index contributed by atoms with van der Waals surface area (Å²) < 4.78 is 0. The van der Waals surface area contributed by atoms with Crippen LogP contribution >= 0.6 is 0 Å². The highest BCUT2D eigenvalue weighted by Gasteiger charge is 2.29. The average molecular weight is 182 g/mol. The van der Waals surface area contributed by atoms with Crippen LogP contribution in [0.5, 0.6) is 0 Å². The first-order chi connectivity index (χ1) is 6.27. The predicted molar refractivity (Wildman–Crippen MR) is 55.9 cm³/mol. The Balaban J connectivity index is 1.85. The van der Waals surface area contributed by atoms with Gasteiger partial charge in [-0.2, -0.15) is 0 Å². The van der Waals surface area contributed by atoms with Gasteiger partial charge in [0.15, 0.2) is 0 Å². The van der Waals surface area contributed by atoms with Gasteiger partial charge in [0.1, 0.15) is 0 Å². The van der Waals surface area contributed by atoms with E-state index in [1.165, 1.54) is 38.6 Å². The van der Waals surface area contributed by atoms with Crippen molar-refractivity contribution in [1.29, 1.82) is 0 Å². The van der Waals surface area contributed by atoms with Crippen LogP contribution in [0, 0.1) is 0 Å². The lowest BCUT2D eigenvalue weighted by molar-refractivity contribution is 0.184. The van der Waals surface area contributed by atoms with Gasteiger partial charge in [0.2, 0.25) is 0 Å². The molecule has 76 valence electrons. The molecule has 2 nitrogen and oxygen atoms in total. The molecule has 0 radical (unpaired) electrons. The molecule has 13 heavy (non-hydrogen) atoms. The fraction of sp³-hybridized carbons (Fsp3) is 1.00. The van der Waals surface area contributed by atoms with Crippen LogP contribution in [0.3, 0.4) is 0 Å². The van der Waals surface area contributed by atoms with Gasteiger partial charge in [-0.3, -0.25) is 4.90 Å². The first-order valence-corrected chi connectivity index (χ1v) is 5.72. The number of likely N-dealkylation sites (N-methyl/N-ethyl adjacent to an activating group) is 1. The Morgan fingerprint density at radius 3 is 2.38 bits per heavy atom. The van der Waals surface area contributed by atoms with Crippen LogP contribution in [0.1, 0.15) is 39.0 Å². The van der Waals surface area contributed by atoms with E-state index < -0.39 is 0 Å². The number of hydrogen-bond donors (Lipinski definition) is 1. The van der Waals surface area contributed by atoms with Crippen molar-refractivity contribution in [3.05, 3.63) is 0 Å². The molecule has 1 N–H and O–H groups in total. The molecule has 2 fully saturated rings. The maximum Gasteiger partial charge on any atom is 0.0235 e. The first kappa shape index (κ1) is 9.47. The molecule has 0 bridgehead atoms. The third kappa shape index (κ3) is 2.05. The van der Waals surface area contributed by atoms with Crippen molar-refractivity contribution in [3.63, 3.8) is 0 Å². The first-order valence-electron chi connectivity index (χ1n) is 5.72. The van der Waals surface area contributed by atoms with Crippen LogP contribution in [0.2, 0.25) is 0 Å². The molecule has 0 amide bonds. The van der Waals surface area contributed by atoms with Gasteiger partial charge in [-0.25, -0.2) is 0 Å². The minimum Gasteiger partial charge on any atom is -0.313 e. The summed E-state index contributed by atoms with van der Waals surface area (Å²) in [5.74, 6) is 0. The summed E-state index contributed by atoms with van der Waals surface area (Å²) in [7, 11) is 2.32. The van der Waals surface area contributed by atoms with Crippen LogP contribution < -0.4 is 5.32 Å². The van der Waals surface area contributed by atoms with E-state index >= 15 is 0 Å². The Morgan fingerprint density at radius 2 is 1.85 bits per heavy atom. The number of nitrogens with one attached hydrogen (secondary N) is 1. The molecule has 0 aromatic heterocycles. The van der Waals surface area contributed by atoms with Crippen LogP contribution in [-0.4, -0.2) is 36.6 Å². The Morgan fingerprint density at radius 1 is 1.15 bits per heavy atom. The SMILES string of the molecule is CC1CC(N(C)C2CCCC2)CN1. The molecule has 0 aromatic carbocycles. The Kier molecular flexibility index (Phi) is 2.89. The van der Waals surface area contributed by atoms with Gasteiger partial charge in [0, 0.05) is 24.7 Å². The van der Waals surface area contributed by atoms with Gasteiger partial charge in [0.25, 0.3) is 0 Å². The van der Waals surface area contributed by atoms with E-state index in [1.807, 2.05) is 0 Å². The molecule has 2 rings (SSSR count). The quantitative estimate of drug-likeness (QED) is 0.698. The van der Waals surface area contributed by atoms with Crippen molar-refractivity contribution < 1.29 is 0 Å². The lowest BCUT2D eigenvalue weighted by Crippen LogP contribution is -2.39. The second-order valence-electron chi connectivity index (χ2n) is 4.80. The summed E-state index contributed by atoms with van der Waals surface area (Å²) in [5, 5.41) is 3.53. The van der Waals surface area contributed by atoms with E-state index in [0.29, 0.717) is 0 Å². The smallest absolute Gasteiger partial charge is 0.0235 e. The summed E-state index contributed by atoms with van der Waals surface area (Å²) in [6.07, 6.45) is 7.10. The molecule has 1 aliphatic carbocycles. The predicted octanol–water partition coefficient (Wildman–Crippen LogP) is 1.61. The number of rotatable bonds is 2. The molecule has 1 saturated heterocycles. The average Bonchev–Trinajstić information content (AvgIpc) is 2.72. The van der Waals surface area contributed by atoms with Crippen molar-refractivity contribution in [2.24, 2.45) is 0 Å². The highest BCUT2D eigenvalue weighted by Crippen LogP contribution is 2.26. The molecule has 1 heterocycles. The molecule has 2 atom stereocenters. The summed E-state index contributed by atoms with van der Waals surface area (Å²) in [5.41, 5.74) is 0. The van der Waals surface area contributed by atoms with Crippen molar-refractivity contribution >= 4 is 0 Å². The molecule has 0 aromatic rings. The van der Waals surface area contributed by atoms with E-state index in [9.17, 15) is 0 Å². The van der Waals surface area contributed by atoms with Crippen molar-refractivity contribution in [1.82, 2.24) is 10.2 Å². The van der Waals surface area contributed by atoms with E-state index in [4.69, 9.17) is 0 Å². The van der Waals surface area contributed by atoms with Crippen molar-refractivity contribution in [3.8, 4) is 0 Å². The highest BCUT2D eigenvalue weighted by atomic mass is 15.2. The largest absolute Gasteiger partial charge is 0.313 e.